The number of halogens is 2. The standard InChI is InChI=1S/C15H15ClFNO3/c1-20-13-6-10(16)12(7-14(13)21-2)18-8-9-4-3-5-11(17)15(9)19/h3-7,18-19H,8H2,1-2H3. The summed E-state index contributed by atoms with van der Waals surface area (Å²) in [7, 11) is 3.04. The summed E-state index contributed by atoms with van der Waals surface area (Å²) in [6, 6.07) is 7.65. The fourth-order valence-electron chi connectivity index (χ4n) is 1.88. The third kappa shape index (κ3) is 3.31. The minimum absolute atomic E-state index is 0.221. The highest BCUT2D eigenvalue weighted by atomic mass is 35.5. The molecule has 2 aromatic rings. The monoisotopic (exact) mass is 311 g/mol. The number of hydrogen-bond acceptors (Lipinski definition) is 4. The number of para-hydroxylation sites is 1. The number of ether oxygens (including phenoxy) is 2. The molecule has 0 amide bonds. The summed E-state index contributed by atoms with van der Waals surface area (Å²) >= 11 is 6.14. The molecule has 0 radical (unpaired) electrons. The molecular formula is C15H15ClFNO3. The van der Waals surface area contributed by atoms with Crippen LogP contribution >= 0.6 is 11.6 Å². The van der Waals surface area contributed by atoms with Crippen LogP contribution in [0.5, 0.6) is 17.2 Å². The maximum Gasteiger partial charge on any atom is 0.165 e. The molecule has 0 spiro atoms. The highest BCUT2D eigenvalue weighted by Gasteiger charge is 2.11. The summed E-state index contributed by atoms with van der Waals surface area (Å²) in [5.41, 5.74) is 1.03. The van der Waals surface area contributed by atoms with Crippen molar-refractivity contribution in [3.8, 4) is 17.2 Å². The minimum atomic E-state index is -0.660. The Morgan fingerprint density at radius 3 is 2.52 bits per heavy atom. The Kier molecular flexibility index (Phi) is 4.75. The quantitative estimate of drug-likeness (QED) is 0.881. The molecule has 0 aliphatic carbocycles. The lowest BCUT2D eigenvalue weighted by Crippen LogP contribution is -2.02. The summed E-state index contributed by atoms with van der Waals surface area (Å²) in [4.78, 5) is 0. The topological polar surface area (TPSA) is 50.7 Å². The van der Waals surface area contributed by atoms with Gasteiger partial charge in [0, 0.05) is 24.2 Å². The van der Waals surface area contributed by atoms with E-state index in [2.05, 4.69) is 5.32 Å². The van der Waals surface area contributed by atoms with Crippen LogP contribution in [-0.2, 0) is 6.54 Å². The minimum Gasteiger partial charge on any atom is -0.505 e. The van der Waals surface area contributed by atoms with Gasteiger partial charge in [0.25, 0.3) is 0 Å². The number of benzene rings is 2. The van der Waals surface area contributed by atoms with Gasteiger partial charge in [-0.3, -0.25) is 0 Å². The van der Waals surface area contributed by atoms with Crippen LogP contribution in [0.4, 0.5) is 10.1 Å². The lowest BCUT2D eigenvalue weighted by Gasteiger charge is -2.14. The van der Waals surface area contributed by atoms with Crippen molar-refractivity contribution in [1.82, 2.24) is 0 Å². The van der Waals surface area contributed by atoms with Gasteiger partial charge in [0.2, 0.25) is 0 Å². The first-order chi connectivity index (χ1) is 10.1. The number of phenolic OH excluding ortho intramolecular Hbond substituents is 1. The molecule has 0 saturated heterocycles. The fourth-order valence-corrected chi connectivity index (χ4v) is 2.10. The Bertz CT molecular complexity index is 649. The molecule has 0 aliphatic heterocycles. The van der Waals surface area contributed by atoms with Gasteiger partial charge in [-0.1, -0.05) is 23.7 Å². The summed E-state index contributed by atoms with van der Waals surface area (Å²) in [5.74, 6) is 0.00354. The van der Waals surface area contributed by atoms with Gasteiger partial charge in [0.05, 0.1) is 24.9 Å². The molecule has 0 aromatic heterocycles. The van der Waals surface area contributed by atoms with Gasteiger partial charge in [-0.05, 0) is 6.07 Å². The van der Waals surface area contributed by atoms with Gasteiger partial charge in [0.15, 0.2) is 23.1 Å². The predicted octanol–water partition coefficient (Wildman–Crippen LogP) is 3.81. The molecule has 0 heterocycles. The average Bonchev–Trinajstić information content (AvgIpc) is 2.49. The normalized spacial score (nSPS) is 10.3. The molecule has 4 nitrogen and oxygen atoms in total. The largest absolute Gasteiger partial charge is 0.505 e. The molecule has 0 bridgehead atoms. The summed E-state index contributed by atoms with van der Waals surface area (Å²) in [6.07, 6.45) is 0. The zero-order valence-corrected chi connectivity index (χ0v) is 12.4. The van der Waals surface area contributed by atoms with Crippen LogP contribution in [-0.4, -0.2) is 19.3 Å². The van der Waals surface area contributed by atoms with Crippen LogP contribution in [0.25, 0.3) is 0 Å². The van der Waals surface area contributed by atoms with E-state index in [4.69, 9.17) is 21.1 Å². The van der Waals surface area contributed by atoms with E-state index in [0.717, 1.165) is 0 Å². The molecule has 2 rings (SSSR count). The SMILES string of the molecule is COc1cc(Cl)c(NCc2cccc(F)c2O)cc1OC. The molecule has 2 N–H and O–H groups in total. The number of hydrogen-bond donors (Lipinski definition) is 2. The maximum absolute atomic E-state index is 13.3. The van der Waals surface area contributed by atoms with Crippen molar-refractivity contribution in [3.05, 3.63) is 46.7 Å². The summed E-state index contributed by atoms with van der Waals surface area (Å²) in [6.45, 7) is 0.221. The van der Waals surface area contributed by atoms with E-state index in [1.807, 2.05) is 0 Å². The van der Waals surface area contributed by atoms with Crippen molar-refractivity contribution in [3.63, 3.8) is 0 Å². The first-order valence-corrected chi connectivity index (χ1v) is 6.56. The van der Waals surface area contributed by atoms with Crippen LogP contribution in [0.1, 0.15) is 5.56 Å². The van der Waals surface area contributed by atoms with Crippen LogP contribution in [0.3, 0.4) is 0 Å². The Balaban J connectivity index is 2.22. The van der Waals surface area contributed by atoms with Crippen molar-refractivity contribution in [1.29, 1.82) is 0 Å². The molecule has 21 heavy (non-hydrogen) atoms. The number of anilines is 1. The van der Waals surface area contributed by atoms with Gasteiger partial charge in [-0.15, -0.1) is 0 Å². The molecule has 2 aromatic carbocycles. The van der Waals surface area contributed by atoms with E-state index in [-0.39, 0.29) is 12.3 Å². The van der Waals surface area contributed by atoms with Gasteiger partial charge in [0.1, 0.15) is 0 Å². The van der Waals surface area contributed by atoms with Crippen molar-refractivity contribution in [2.24, 2.45) is 0 Å². The zero-order valence-electron chi connectivity index (χ0n) is 11.6. The predicted molar refractivity (Wildman–Crippen MR) is 79.9 cm³/mol. The smallest absolute Gasteiger partial charge is 0.165 e. The molecular weight excluding hydrogens is 297 g/mol. The second-order valence-corrected chi connectivity index (χ2v) is 4.70. The van der Waals surface area contributed by atoms with Crippen LogP contribution < -0.4 is 14.8 Å². The van der Waals surface area contributed by atoms with E-state index in [1.165, 1.54) is 26.4 Å². The van der Waals surface area contributed by atoms with Crippen LogP contribution in [0.15, 0.2) is 30.3 Å². The van der Waals surface area contributed by atoms with Gasteiger partial charge in [-0.2, -0.15) is 0 Å². The Morgan fingerprint density at radius 2 is 1.86 bits per heavy atom. The third-order valence-corrected chi connectivity index (χ3v) is 3.33. The van der Waals surface area contributed by atoms with E-state index in [0.29, 0.717) is 27.8 Å². The first kappa shape index (κ1) is 15.3. The van der Waals surface area contributed by atoms with Crippen molar-refractivity contribution in [2.45, 2.75) is 6.54 Å². The van der Waals surface area contributed by atoms with E-state index < -0.39 is 5.82 Å². The van der Waals surface area contributed by atoms with Crippen molar-refractivity contribution >= 4 is 17.3 Å². The van der Waals surface area contributed by atoms with Crippen LogP contribution in [0, 0.1) is 5.82 Å². The molecule has 6 heteroatoms. The zero-order chi connectivity index (χ0) is 15.4. The van der Waals surface area contributed by atoms with Gasteiger partial charge < -0.3 is 19.9 Å². The number of phenols is 1. The highest BCUT2D eigenvalue weighted by Crippen LogP contribution is 2.36. The molecule has 0 saturated carbocycles. The van der Waals surface area contributed by atoms with Crippen LogP contribution in [0.2, 0.25) is 5.02 Å². The van der Waals surface area contributed by atoms with E-state index in [9.17, 15) is 9.50 Å². The Morgan fingerprint density at radius 1 is 1.19 bits per heavy atom. The molecule has 0 fully saturated rings. The number of nitrogens with one attached hydrogen (secondary N) is 1. The first-order valence-electron chi connectivity index (χ1n) is 6.18. The van der Waals surface area contributed by atoms with E-state index in [1.54, 1.807) is 18.2 Å². The summed E-state index contributed by atoms with van der Waals surface area (Å²) in [5, 5.41) is 13.1. The second-order valence-electron chi connectivity index (χ2n) is 4.29. The second kappa shape index (κ2) is 6.54. The maximum atomic E-state index is 13.3. The van der Waals surface area contributed by atoms with Crippen molar-refractivity contribution in [2.75, 3.05) is 19.5 Å². The number of aromatic hydroxyl groups is 1. The number of rotatable bonds is 5. The molecule has 112 valence electrons. The lowest BCUT2D eigenvalue weighted by atomic mass is 10.2. The Labute approximate surface area is 127 Å². The van der Waals surface area contributed by atoms with Crippen molar-refractivity contribution < 1.29 is 19.0 Å². The molecule has 0 atom stereocenters. The van der Waals surface area contributed by atoms with Gasteiger partial charge in [-0.25, -0.2) is 4.39 Å². The summed E-state index contributed by atoms with van der Waals surface area (Å²) < 4.78 is 23.6. The average molecular weight is 312 g/mol. The lowest BCUT2D eigenvalue weighted by molar-refractivity contribution is 0.355. The molecule has 0 unspecified atom stereocenters. The molecule has 0 aliphatic rings. The number of methoxy groups -OCH3 is 2. The fraction of sp³-hybridized carbons (Fsp3) is 0.200. The Hall–Kier alpha value is -2.14. The van der Waals surface area contributed by atoms with E-state index >= 15 is 0 Å². The highest BCUT2D eigenvalue weighted by molar-refractivity contribution is 6.33. The third-order valence-electron chi connectivity index (χ3n) is 3.01. The van der Waals surface area contributed by atoms with Gasteiger partial charge >= 0.3 is 0 Å².